The zero-order chi connectivity index (χ0) is 10.8. The topological polar surface area (TPSA) is 12.9 Å². The zero-order valence-electron chi connectivity index (χ0n) is 7.55. The van der Waals surface area contributed by atoms with Crippen molar-refractivity contribution in [3.05, 3.63) is 49.9 Å². The van der Waals surface area contributed by atoms with E-state index in [2.05, 4.69) is 52.8 Å². The third-order valence-corrected chi connectivity index (χ3v) is 3.46. The van der Waals surface area contributed by atoms with Gasteiger partial charge in [-0.1, -0.05) is 50.1 Å². The van der Waals surface area contributed by atoms with Crippen molar-refractivity contribution < 1.29 is 0 Å². The van der Waals surface area contributed by atoms with Crippen LogP contribution < -0.4 is 0 Å². The Kier molecular flexibility index (Phi) is 3.59. The summed E-state index contributed by atoms with van der Waals surface area (Å²) in [5.41, 5.74) is 2.02. The summed E-state index contributed by atoms with van der Waals surface area (Å²) in [4.78, 5) is 4.42. The Morgan fingerprint density at radius 2 is 1.67 bits per heavy atom. The second-order valence-corrected chi connectivity index (χ2v) is 5.56. The van der Waals surface area contributed by atoms with Crippen LogP contribution in [0.15, 0.2) is 49.9 Å². The van der Waals surface area contributed by atoms with Crippen molar-refractivity contribution >= 4 is 47.8 Å². The Labute approximate surface area is 113 Å². The highest BCUT2D eigenvalue weighted by Gasteiger charge is 2.05. The normalized spacial score (nSPS) is 10.3. The van der Waals surface area contributed by atoms with Crippen molar-refractivity contribution in [2.75, 3.05) is 0 Å². The van der Waals surface area contributed by atoms with Crippen LogP contribution in [0.5, 0.6) is 0 Å². The first-order chi connectivity index (χ1) is 7.16. The predicted octanol–water partition coefficient (Wildman–Crippen LogP) is 5.04. The van der Waals surface area contributed by atoms with Gasteiger partial charge < -0.3 is 0 Å². The molecule has 0 unspecified atom stereocenters. The fourth-order valence-electron chi connectivity index (χ4n) is 1.27. The van der Waals surface area contributed by atoms with Crippen LogP contribution in [-0.2, 0) is 0 Å². The van der Waals surface area contributed by atoms with Crippen LogP contribution in [0.4, 0.5) is 0 Å². The molecule has 2 aromatic rings. The Hall–Kier alpha value is -0.190. The fraction of sp³-hybridized carbons (Fsp3) is 0. The van der Waals surface area contributed by atoms with E-state index in [1.165, 1.54) is 0 Å². The van der Waals surface area contributed by atoms with Gasteiger partial charge in [-0.3, -0.25) is 0 Å². The predicted molar refractivity (Wildman–Crippen MR) is 72.8 cm³/mol. The third kappa shape index (κ3) is 2.68. The number of hydrogen-bond donors (Lipinski definition) is 0. The summed E-state index contributed by atoms with van der Waals surface area (Å²) in [6.07, 6.45) is 0. The van der Waals surface area contributed by atoms with E-state index in [0.717, 1.165) is 24.8 Å². The van der Waals surface area contributed by atoms with Crippen LogP contribution in [0.3, 0.4) is 0 Å². The fourth-order valence-corrected chi connectivity index (χ4v) is 2.94. The molecule has 0 radical (unpaired) electrons. The maximum atomic E-state index is 4.42. The molecule has 1 nitrogen and oxygen atoms in total. The molecule has 0 aliphatic rings. The highest BCUT2D eigenvalue weighted by atomic mass is 79.9. The number of benzene rings is 1. The van der Waals surface area contributed by atoms with E-state index in [-0.39, 0.29) is 0 Å². The van der Waals surface area contributed by atoms with E-state index in [4.69, 9.17) is 0 Å². The van der Waals surface area contributed by atoms with Gasteiger partial charge in [0.1, 0.15) is 4.60 Å². The molecule has 0 atom stereocenters. The van der Waals surface area contributed by atoms with E-state index in [1.807, 2.05) is 36.4 Å². The van der Waals surface area contributed by atoms with E-state index < -0.39 is 0 Å². The van der Waals surface area contributed by atoms with Gasteiger partial charge in [0.05, 0.1) is 5.69 Å². The van der Waals surface area contributed by atoms with E-state index in [0.29, 0.717) is 0 Å². The van der Waals surface area contributed by atoms with Crippen LogP contribution in [0, 0.1) is 0 Å². The van der Waals surface area contributed by atoms with Gasteiger partial charge in [0.25, 0.3) is 0 Å². The van der Waals surface area contributed by atoms with Crippen LogP contribution in [-0.4, -0.2) is 4.98 Å². The molecular formula is C11H6Br3N. The number of rotatable bonds is 1. The lowest BCUT2D eigenvalue weighted by atomic mass is 10.1. The molecule has 76 valence electrons. The molecule has 0 fully saturated rings. The Balaban J connectivity index is 2.59. The first kappa shape index (κ1) is 11.3. The molecule has 0 N–H and O–H groups in total. The first-order valence-corrected chi connectivity index (χ1v) is 6.63. The largest absolute Gasteiger partial charge is 0.241 e. The van der Waals surface area contributed by atoms with Gasteiger partial charge in [-0.15, -0.1) is 0 Å². The van der Waals surface area contributed by atoms with Crippen molar-refractivity contribution in [2.45, 2.75) is 0 Å². The lowest BCUT2D eigenvalue weighted by molar-refractivity contribution is 1.26. The van der Waals surface area contributed by atoms with Crippen molar-refractivity contribution in [3.8, 4) is 11.3 Å². The SMILES string of the molecule is Brc1cc(Br)nc(-c2ccccc2Br)c1. The summed E-state index contributed by atoms with van der Waals surface area (Å²) >= 11 is 10.3. The number of aromatic nitrogens is 1. The van der Waals surface area contributed by atoms with E-state index >= 15 is 0 Å². The van der Waals surface area contributed by atoms with Gasteiger partial charge >= 0.3 is 0 Å². The van der Waals surface area contributed by atoms with Crippen LogP contribution in [0.1, 0.15) is 0 Å². The van der Waals surface area contributed by atoms with Gasteiger partial charge in [-0.25, -0.2) is 4.98 Å². The van der Waals surface area contributed by atoms with Gasteiger partial charge in [0, 0.05) is 14.5 Å². The molecule has 2 rings (SSSR count). The van der Waals surface area contributed by atoms with Gasteiger partial charge in [0.15, 0.2) is 0 Å². The second kappa shape index (κ2) is 4.76. The monoisotopic (exact) mass is 389 g/mol. The second-order valence-electron chi connectivity index (χ2n) is 2.97. The average Bonchev–Trinajstić information content (AvgIpc) is 2.16. The maximum Gasteiger partial charge on any atom is 0.107 e. The number of hydrogen-bond acceptors (Lipinski definition) is 1. The summed E-state index contributed by atoms with van der Waals surface area (Å²) in [7, 11) is 0. The van der Waals surface area contributed by atoms with Crippen LogP contribution in [0.2, 0.25) is 0 Å². The third-order valence-electron chi connectivity index (χ3n) is 1.91. The lowest BCUT2D eigenvalue weighted by Crippen LogP contribution is -1.85. The quantitative estimate of drug-likeness (QED) is 0.621. The molecular weight excluding hydrogens is 386 g/mol. The first-order valence-electron chi connectivity index (χ1n) is 4.25. The van der Waals surface area contributed by atoms with Gasteiger partial charge in [-0.05, 0) is 34.1 Å². The van der Waals surface area contributed by atoms with Crippen LogP contribution in [0.25, 0.3) is 11.3 Å². The van der Waals surface area contributed by atoms with Crippen LogP contribution >= 0.6 is 47.8 Å². The summed E-state index contributed by atoms with van der Waals surface area (Å²) < 4.78 is 2.88. The maximum absolute atomic E-state index is 4.42. The van der Waals surface area contributed by atoms with E-state index in [1.54, 1.807) is 0 Å². The van der Waals surface area contributed by atoms with Crippen molar-refractivity contribution in [1.29, 1.82) is 0 Å². The molecule has 1 heterocycles. The molecule has 0 spiro atoms. The summed E-state index contributed by atoms with van der Waals surface area (Å²) in [6.45, 7) is 0. The Bertz CT molecular complexity index is 477. The summed E-state index contributed by atoms with van der Waals surface area (Å²) in [5, 5.41) is 0. The van der Waals surface area contributed by atoms with E-state index in [9.17, 15) is 0 Å². The number of nitrogens with zero attached hydrogens (tertiary/aromatic N) is 1. The van der Waals surface area contributed by atoms with Crippen molar-refractivity contribution in [1.82, 2.24) is 4.98 Å². The average molecular weight is 392 g/mol. The Morgan fingerprint density at radius 3 is 2.33 bits per heavy atom. The minimum absolute atomic E-state index is 0.822. The smallest absolute Gasteiger partial charge is 0.107 e. The molecule has 0 aliphatic heterocycles. The minimum Gasteiger partial charge on any atom is -0.241 e. The molecule has 4 heteroatoms. The minimum atomic E-state index is 0.822. The standard InChI is InChI=1S/C11H6Br3N/c12-7-5-10(15-11(14)6-7)8-3-1-2-4-9(8)13/h1-6H. The van der Waals surface area contributed by atoms with Gasteiger partial charge in [-0.2, -0.15) is 0 Å². The van der Waals surface area contributed by atoms with Gasteiger partial charge in [0.2, 0.25) is 0 Å². The summed E-state index contributed by atoms with van der Waals surface area (Å²) in [5.74, 6) is 0. The molecule has 15 heavy (non-hydrogen) atoms. The molecule has 1 aromatic carbocycles. The molecule has 0 saturated heterocycles. The highest BCUT2D eigenvalue weighted by Crippen LogP contribution is 2.29. The van der Waals surface area contributed by atoms with Crippen molar-refractivity contribution in [2.24, 2.45) is 0 Å². The molecule has 0 aliphatic carbocycles. The zero-order valence-corrected chi connectivity index (χ0v) is 12.3. The summed E-state index contributed by atoms with van der Waals surface area (Å²) in [6, 6.07) is 11.9. The highest BCUT2D eigenvalue weighted by molar-refractivity contribution is 9.11. The molecule has 1 aromatic heterocycles. The molecule has 0 saturated carbocycles. The number of halogens is 3. The lowest BCUT2D eigenvalue weighted by Gasteiger charge is -2.04. The Morgan fingerprint density at radius 1 is 0.933 bits per heavy atom. The van der Waals surface area contributed by atoms with Crippen molar-refractivity contribution in [3.63, 3.8) is 0 Å². The molecule has 0 amide bonds. The molecule has 0 bridgehead atoms. The number of pyridine rings is 1.